The predicted octanol–water partition coefficient (Wildman–Crippen LogP) is 5.76. The zero-order chi connectivity index (χ0) is 15.5. The highest BCUT2D eigenvalue weighted by molar-refractivity contribution is 5.48. The highest BCUT2D eigenvalue weighted by atomic mass is 14.0. The Labute approximate surface area is 130 Å². The summed E-state index contributed by atoms with van der Waals surface area (Å²) < 4.78 is 0. The summed E-state index contributed by atoms with van der Waals surface area (Å²) in [5, 5.41) is 0. The van der Waals surface area contributed by atoms with E-state index in [0.717, 1.165) is 24.0 Å². The first kappa shape index (κ1) is 17.1. The summed E-state index contributed by atoms with van der Waals surface area (Å²) in [5.74, 6) is 6.58. The van der Waals surface area contributed by atoms with Gasteiger partial charge in [0, 0.05) is 11.1 Å². The summed E-state index contributed by atoms with van der Waals surface area (Å²) in [5.41, 5.74) is 4.85. The van der Waals surface area contributed by atoms with Crippen molar-refractivity contribution in [2.24, 2.45) is 0 Å². The van der Waals surface area contributed by atoms with Crippen molar-refractivity contribution in [1.29, 1.82) is 0 Å². The topological polar surface area (TPSA) is 0 Å². The molecule has 0 saturated heterocycles. The Kier molecular flexibility index (Phi) is 7.99. The molecule has 0 heterocycles. The van der Waals surface area contributed by atoms with E-state index in [1.54, 1.807) is 0 Å². The summed E-state index contributed by atoms with van der Waals surface area (Å²) in [7, 11) is 0. The summed E-state index contributed by atoms with van der Waals surface area (Å²) in [4.78, 5) is 0. The lowest BCUT2D eigenvalue weighted by atomic mass is 10.0. The standard InChI is InChI=1S/C18H18.C3H8/c1-3-8-17-11-6-7-12-18(17)14-13-16-10-5-4-9-15(16)2;1-3-2/h4-7,9-12H,3,8H2,1-2H3;3H2,1-2H3. The van der Waals surface area contributed by atoms with Crippen molar-refractivity contribution < 1.29 is 0 Å². The SMILES string of the molecule is CCC.CCCc1ccccc1C#Cc1ccccc1C. The van der Waals surface area contributed by atoms with E-state index in [-0.39, 0.29) is 0 Å². The van der Waals surface area contributed by atoms with Crippen LogP contribution in [0.5, 0.6) is 0 Å². The van der Waals surface area contributed by atoms with E-state index < -0.39 is 0 Å². The molecule has 0 aliphatic heterocycles. The van der Waals surface area contributed by atoms with Crippen LogP contribution in [0.25, 0.3) is 0 Å². The fourth-order valence-electron chi connectivity index (χ4n) is 1.98. The fourth-order valence-corrected chi connectivity index (χ4v) is 1.98. The summed E-state index contributed by atoms with van der Waals surface area (Å²) in [6, 6.07) is 16.7. The summed E-state index contributed by atoms with van der Waals surface area (Å²) in [6.07, 6.45) is 3.50. The highest BCUT2D eigenvalue weighted by Crippen LogP contribution is 2.11. The maximum absolute atomic E-state index is 3.31. The first-order valence-electron chi connectivity index (χ1n) is 7.88. The van der Waals surface area contributed by atoms with Gasteiger partial charge in [0.25, 0.3) is 0 Å². The van der Waals surface area contributed by atoms with Crippen LogP contribution in [-0.2, 0) is 6.42 Å². The van der Waals surface area contributed by atoms with Crippen molar-refractivity contribution in [3.8, 4) is 11.8 Å². The third-order valence-electron chi connectivity index (χ3n) is 3.01. The van der Waals surface area contributed by atoms with Crippen LogP contribution in [-0.4, -0.2) is 0 Å². The van der Waals surface area contributed by atoms with Crippen molar-refractivity contribution in [3.05, 3.63) is 70.8 Å². The first-order chi connectivity index (χ1) is 10.2. The second-order valence-corrected chi connectivity index (χ2v) is 5.18. The molecule has 0 spiro atoms. The van der Waals surface area contributed by atoms with E-state index in [0.29, 0.717) is 0 Å². The van der Waals surface area contributed by atoms with Gasteiger partial charge in [0.1, 0.15) is 0 Å². The average molecular weight is 278 g/mol. The quantitative estimate of drug-likeness (QED) is 0.612. The number of aryl methyl sites for hydroxylation is 2. The van der Waals surface area contributed by atoms with E-state index in [1.807, 2.05) is 12.1 Å². The summed E-state index contributed by atoms with van der Waals surface area (Å²) >= 11 is 0. The van der Waals surface area contributed by atoms with Gasteiger partial charge in [-0.3, -0.25) is 0 Å². The molecule has 0 atom stereocenters. The van der Waals surface area contributed by atoms with Gasteiger partial charge in [-0.25, -0.2) is 0 Å². The zero-order valence-electron chi connectivity index (χ0n) is 13.7. The third-order valence-corrected chi connectivity index (χ3v) is 3.01. The molecule has 2 rings (SSSR count). The smallest absolute Gasteiger partial charge is 0.0281 e. The molecule has 0 heteroatoms. The molecular weight excluding hydrogens is 252 g/mol. The zero-order valence-corrected chi connectivity index (χ0v) is 13.7. The Morgan fingerprint density at radius 1 is 0.762 bits per heavy atom. The molecule has 0 aliphatic carbocycles. The van der Waals surface area contributed by atoms with E-state index >= 15 is 0 Å². The molecule has 0 N–H and O–H groups in total. The van der Waals surface area contributed by atoms with Crippen LogP contribution < -0.4 is 0 Å². The molecule has 0 saturated carbocycles. The Hall–Kier alpha value is -2.00. The van der Waals surface area contributed by atoms with Crippen molar-refractivity contribution in [3.63, 3.8) is 0 Å². The molecule has 110 valence electrons. The molecule has 0 aromatic heterocycles. The van der Waals surface area contributed by atoms with Crippen LogP contribution in [0.1, 0.15) is 55.9 Å². The van der Waals surface area contributed by atoms with Crippen LogP contribution >= 0.6 is 0 Å². The summed E-state index contributed by atoms with van der Waals surface area (Å²) in [6.45, 7) is 8.55. The van der Waals surface area contributed by atoms with Gasteiger partial charge >= 0.3 is 0 Å². The minimum absolute atomic E-state index is 1.10. The predicted molar refractivity (Wildman–Crippen MR) is 93.6 cm³/mol. The molecule has 0 nitrogen and oxygen atoms in total. The Morgan fingerprint density at radius 2 is 1.29 bits per heavy atom. The van der Waals surface area contributed by atoms with Crippen LogP contribution in [0.4, 0.5) is 0 Å². The number of hydrogen-bond donors (Lipinski definition) is 0. The maximum atomic E-state index is 3.31. The van der Waals surface area contributed by atoms with Gasteiger partial charge in [0.05, 0.1) is 0 Å². The van der Waals surface area contributed by atoms with Crippen LogP contribution in [0.3, 0.4) is 0 Å². The maximum Gasteiger partial charge on any atom is 0.0281 e. The van der Waals surface area contributed by atoms with Crippen LogP contribution in [0.15, 0.2) is 48.5 Å². The normalized spacial score (nSPS) is 9.14. The van der Waals surface area contributed by atoms with E-state index in [2.05, 4.69) is 75.9 Å². The van der Waals surface area contributed by atoms with Gasteiger partial charge in [0.2, 0.25) is 0 Å². The Balaban J connectivity index is 0.000000677. The van der Waals surface area contributed by atoms with Crippen molar-refractivity contribution >= 4 is 0 Å². The fraction of sp³-hybridized carbons (Fsp3) is 0.333. The molecule has 0 unspecified atom stereocenters. The van der Waals surface area contributed by atoms with Gasteiger partial charge in [-0.15, -0.1) is 0 Å². The first-order valence-corrected chi connectivity index (χ1v) is 7.88. The van der Waals surface area contributed by atoms with Gasteiger partial charge in [0.15, 0.2) is 0 Å². The molecule has 0 amide bonds. The minimum Gasteiger partial charge on any atom is -0.0656 e. The van der Waals surface area contributed by atoms with E-state index in [4.69, 9.17) is 0 Å². The second-order valence-electron chi connectivity index (χ2n) is 5.18. The van der Waals surface area contributed by atoms with Crippen LogP contribution in [0, 0.1) is 18.8 Å². The molecule has 0 radical (unpaired) electrons. The average Bonchev–Trinajstić information content (AvgIpc) is 2.49. The Morgan fingerprint density at radius 3 is 1.90 bits per heavy atom. The number of hydrogen-bond acceptors (Lipinski definition) is 0. The molecule has 0 bridgehead atoms. The van der Waals surface area contributed by atoms with E-state index in [1.165, 1.54) is 17.5 Å². The van der Waals surface area contributed by atoms with Gasteiger partial charge in [-0.05, 0) is 36.6 Å². The molecule has 0 fully saturated rings. The largest absolute Gasteiger partial charge is 0.0656 e. The van der Waals surface area contributed by atoms with Crippen molar-refractivity contribution in [2.75, 3.05) is 0 Å². The number of rotatable bonds is 2. The molecule has 2 aromatic carbocycles. The van der Waals surface area contributed by atoms with Crippen LogP contribution in [0.2, 0.25) is 0 Å². The minimum atomic E-state index is 1.10. The molecule has 2 aromatic rings. The van der Waals surface area contributed by atoms with Gasteiger partial charge in [-0.1, -0.05) is 81.9 Å². The van der Waals surface area contributed by atoms with Crippen molar-refractivity contribution in [2.45, 2.75) is 47.0 Å². The lowest BCUT2D eigenvalue weighted by Gasteiger charge is -2.01. The molecule has 0 aliphatic rings. The number of benzene rings is 2. The highest BCUT2D eigenvalue weighted by Gasteiger charge is 1.97. The lowest BCUT2D eigenvalue weighted by molar-refractivity contribution is 0.919. The molecule has 21 heavy (non-hydrogen) atoms. The molecular formula is C21H26. The van der Waals surface area contributed by atoms with E-state index in [9.17, 15) is 0 Å². The lowest BCUT2D eigenvalue weighted by Crippen LogP contribution is -1.88. The van der Waals surface area contributed by atoms with Gasteiger partial charge in [-0.2, -0.15) is 0 Å². The monoisotopic (exact) mass is 278 g/mol. The Bertz CT molecular complexity index is 597. The van der Waals surface area contributed by atoms with Crippen molar-refractivity contribution in [1.82, 2.24) is 0 Å². The second kappa shape index (κ2) is 9.83. The van der Waals surface area contributed by atoms with Gasteiger partial charge < -0.3 is 0 Å². The third kappa shape index (κ3) is 5.88.